The minimum Gasteiger partial charge on any atom is -0.396 e. The van der Waals surface area contributed by atoms with E-state index in [1.165, 1.54) is 24.3 Å². The van der Waals surface area contributed by atoms with E-state index in [0.29, 0.717) is 11.3 Å². The van der Waals surface area contributed by atoms with Crippen molar-refractivity contribution < 1.29 is 18.3 Å². The molecule has 2 rings (SSSR count). The van der Waals surface area contributed by atoms with Gasteiger partial charge in [-0.25, -0.2) is 13.6 Å². The Morgan fingerprint density at radius 3 is 2.50 bits per heavy atom. The van der Waals surface area contributed by atoms with Crippen LogP contribution >= 0.6 is 0 Å². The zero-order valence-electron chi connectivity index (χ0n) is 14.3. The molecule has 0 unspecified atom stereocenters. The van der Waals surface area contributed by atoms with Gasteiger partial charge in [-0.05, 0) is 37.1 Å². The van der Waals surface area contributed by atoms with Crippen LogP contribution in [0.3, 0.4) is 0 Å². The van der Waals surface area contributed by atoms with Crippen LogP contribution in [0.25, 0.3) is 0 Å². The van der Waals surface area contributed by atoms with Crippen LogP contribution < -0.4 is 10.5 Å². The van der Waals surface area contributed by atoms with Gasteiger partial charge in [0.1, 0.15) is 5.69 Å². The van der Waals surface area contributed by atoms with Crippen LogP contribution in [0.5, 0.6) is 0 Å². The number of aromatic nitrogens is 3. The predicted octanol–water partition coefficient (Wildman–Crippen LogP) is 0.408. The zero-order chi connectivity index (χ0) is 19.0. The molecule has 0 radical (unpaired) electrons. The molecule has 0 bridgehead atoms. The molecule has 1 aromatic heterocycles. The van der Waals surface area contributed by atoms with Crippen LogP contribution in [-0.4, -0.2) is 41.0 Å². The molecule has 0 aliphatic rings. The van der Waals surface area contributed by atoms with Gasteiger partial charge in [0, 0.05) is 18.7 Å². The molecule has 142 valence electrons. The average Bonchev–Trinajstić information content (AvgIpc) is 3.07. The van der Waals surface area contributed by atoms with Crippen molar-refractivity contribution in [2.24, 2.45) is 5.14 Å². The fourth-order valence-electron chi connectivity index (χ4n) is 2.34. The summed E-state index contributed by atoms with van der Waals surface area (Å²) in [5, 5.41) is 24.5. The molecule has 0 saturated heterocycles. The number of unbranched alkanes of at least 4 members (excludes halogenated alkanes) is 3. The van der Waals surface area contributed by atoms with Gasteiger partial charge in [0.15, 0.2) is 0 Å². The summed E-state index contributed by atoms with van der Waals surface area (Å²) in [6, 6.07) is 5.38. The highest BCUT2D eigenvalue weighted by Gasteiger charge is 2.11. The molecule has 10 heteroatoms. The van der Waals surface area contributed by atoms with E-state index in [2.05, 4.69) is 15.6 Å². The van der Waals surface area contributed by atoms with Gasteiger partial charge in [0.05, 0.1) is 17.6 Å². The summed E-state index contributed by atoms with van der Waals surface area (Å²) >= 11 is 0. The number of carbonyl (C=O) groups is 1. The van der Waals surface area contributed by atoms with Crippen molar-refractivity contribution in [3.8, 4) is 0 Å². The van der Waals surface area contributed by atoms with E-state index in [1.54, 1.807) is 10.9 Å². The highest BCUT2D eigenvalue weighted by atomic mass is 32.2. The number of rotatable bonds is 10. The Morgan fingerprint density at radius 1 is 1.15 bits per heavy atom. The van der Waals surface area contributed by atoms with Crippen LogP contribution in [-0.2, 0) is 23.1 Å². The molecule has 2 aromatic rings. The van der Waals surface area contributed by atoms with Gasteiger partial charge in [-0.3, -0.25) is 9.48 Å². The molecule has 4 N–H and O–H groups in total. The highest BCUT2D eigenvalue weighted by Crippen LogP contribution is 2.09. The maximum absolute atomic E-state index is 12.1. The number of aryl methyl sites for hydroxylation is 1. The molecule has 26 heavy (non-hydrogen) atoms. The lowest BCUT2D eigenvalue weighted by molar-refractivity contribution is 0.0950. The second-order valence-corrected chi connectivity index (χ2v) is 7.42. The van der Waals surface area contributed by atoms with Gasteiger partial charge >= 0.3 is 0 Å². The Morgan fingerprint density at radius 2 is 1.85 bits per heavy atom. The van der Waals surface area contributed by atoms with Crippen molar-refractivity contribution in [2.45, 2.75) is 43.7 Å². The SMILES string of the molecule is NS(=O)(=O)c1ccc(C(=O)NCc2cn(CCCCCCO)nn2)cc1. The van der Waals surface area contributed by atoms with Gasteiger partial charge in [-0.2, -0.15) is 0 Å². The van der Waals surface area contributed by atoms with Crippen LogP contribution in [0.1, 0.15) is 41.7 Å². The van der Waals surface area contributed by atoms with E-state index < -0.39 is 10.0 Å². The second kappa shape index (κ2) is 9.41. The van der Waals surface area contributed by atoms with Gasteiger partial charge in [0.25, 0.3) is 5.91 Å². The number of nitrogens with two attached hydrogens (primary N) is 1. The van der Waals surface area contributed by atoms with Crippen LogP contribution in [0.4, 0.5) is 0 Å². The van der Waals surface area contributed by atoms with Crippen molar-refractivity contribution in [2.75, 3.05) is 6.61 Å². The summed E-state index contributed by atoms with van der Waals surface area (Å²) < 4.78 is 24.1. The number of amides is 1. The number of hydrogen-bond acceptors (Lipinski definition) is 6. The standard InChI is InChI=1S/C16H23N5O4S/c17-26(24,25)15-7-5-13(6-8-15)16(23)18-11-14-12-21(20-19-14)9-3-1-2-4-10-22/h5-8,12,22H,1-4,9-11H2,(H,18,23)(H2,17,24,25). The lowest BCUT2D eigenvalue weighted by Crippen LogP contribution is -2.23. The van der Waals surface area contributed by atoms with Gasteiger partial charge in [0.2, 0.25) is 10.0 Å². The molecular formula is C16H23N5O4S. The summed E-state index contributed by atoms with van der Waals surface area (Å²) in [6.45, 7) is 1.18. The Hall–Kier alpha value is -2.30. The molecule has 1 amide bonds. The number of primary sulfonamides is 1. The quantitative estimate of drug-likeness (QED) is 0.509. The first kappa shape index (κ1) is 20.0. The number of nitrogens with one attached hydrogen (secondary N) is 1. The summed E-state index contributed by atoms with van der Waals surface area (Å²) in [5.74, 6) is -0.343. The molecule has 1 heterocycles. The summed E-state index contributed by atoms with van der Waals surface area (Å²) in [7, 11) is -3.78. The van der Waals surface area contributed by atoms with E-state index in [4.69, 9.17) is 10.2 Å². The fourth-order valence-corrected chi connectivity index (χ4v) is 2.85. The number of nitrogens with zero attached hydrogens (tertiary/aromatic N) is 3. The van der Waals surface area contributed by atoms with E-state index >= 15 is 0 Å². The fraction of sp³-hybridized carbons (Fsp3) is 0.438. The monoisotopic (exact) mass is 381 g/mol. The lowest BCUT2D eigenvalue weighted by atomic mass is 10.2. The van der Waals surface area contributed by atoms with E-state index in [-0.39, 0.29) is 24.0 Å². The Bertz CT molecular complexity index is 817. The smallest absolute Gasteiger partial charge is 0.251 e. The van der Waals surface area contributed by atoms with E-state index in [0.717, 1.165) is 32.2 Å². The first-order chi connectivity index (χ1) is 12.4. The van der Waals surface area contributed by atoms with Crippen molar-refractivity contribution in [3.63, 3.8) is 0 Å². The third-order valence-electron chi connectivity index (χ3n) is 3.76. The molecule has 1 aromatic carbocycles. The van der Waals surface area contributed by atoms with Gasteiger partial charge in [-0.1, -0.05) is 18.1 Å². The van der Waals surface area contributed by atoms with Crippen molar-refractivity contribution in [1.82, 2.24) is 20.3 Å². The highest BCUT2D eigenvalue weighted by molar-refractivity contribution is 7.89. The van der Waals surface area contributed by atoms with Crippen molar-refractivity contribution in [1.29, 1.82) is 0 Å². The number of hydrogen-bond donors (Lipinski definition) is 3. The Labute approximate surface area is 152 Å². The second-order valence-electron chi connectivity index (χ2n) is 5.86. The van der Waals surface area contributed by atoms with Crippen LogP contribution in [0.15, 0.2) is 35.4 Å². The van der Waals surface area contributed by atoms with E-state index in [1.807, 2.05) is 0 Å². The summed E-state index contributed by atoms with van der Waals surface area (Å²) in [4.78, 5) is 12.0. The molecule has 0 spiro atoms. The number of aliphatic hydroxyl groups excluding tert-OH is 1. The third-order valence-corrected chi connectivity index (χ3v) is 4.69. The lowest BCUT2D eigenvalue weighted by Gasteiger charge is -2.04. The first-order valence-corrected chi connectivity index (χ1v) is 9.86. The Balaban J connectivity index is 1.80. The number of sulfonamides is 1. The molecule has 0 saturated carbocycles. The van der Waals surface area contributed by atoms with Crippen LogP contribution in [0.2, 0.25) is 0 Å². The van der Waals surface area contributed by atoms with Gasteiger partial charge < -0.3 is 10.4 Å². The number of benzene rings is 1. The maximum Gasteiger partial charge on any atom is 0.251 e. The minimum atomic E-state index is -3.78. The first-order valence-electron chi connectivity index (χ1n) is 8.31. The van der Waals surface area contributed by atoms with Crippen molar-refractivity contribution >= 4 is 15.9 Å². The molecular weight excluding hydrogens is 358 g/mol. The molecule has 0 aliphatic heterocycles. The molecule has 0 atom stereocenters. The summed E-state index contributed by atoms with van der Waals surface area (Å²) in [5.41, 5.74) is 0.962. The van der Waals surface area contributed by atoms with Crippen LogP contribution in [0, 0.1) is 0 Å². The molecule has 0 fully saturated rings. The third kappa shape index (κ3) is 6.21. The number of carbonyl (C=O) groups excluding carboxylic acids is 1. The normalized spacial score (nSPS) is 11.5. The molecule has 9 nitrogen and oxygen atoms in total. The largest absolute Gasteiger partial charge is 0.396 e. The summed E-state index contributed by atoms with van der Waals surface area (Å²) in [6.07, 6.45) is 5.54. The van der Waals surface area contributed by atoms with Crippen molar-refractivity contribution in [3.05, 3.63) is 41.7 Å². The number of aliphatic hydroxyl groups is 1. The molecule has 0 aliphatic carbocycles. The van der Waals surface area contributed by atoms with E-state index in [9.17, 15) is 13.2 Å². The average molecular weight is 381 g/mol. The minimum absolute atomic E-state index is 0.0454. The van der Waals surface area contributed by atoms with Gasteiger partial charge in [-0.15, -0.1) is 5.10 Å². The predicted molar refractivity (Wildman–Crippen MR) is 94.6 cm³/mol. The maximum atomic E-state index is 12.1. The topological polar surface area (TPSA) is 140 Å². The Kier molecular flexibility index (Phi) is 7.25. The zero-order valence-corrected chi connectivity index (χ0v) is 15.2.